The van der Waals surface area contributed by atoms with Gasteiger partial charge in [0.05, 0.1) is 11.1 Å². The van der Waals surface area contributed by atoms with Crippen LogP contribution in [0.3, 0.4) is 0 Å². The fourth-order valence-corrected chi connectivity index (χ4v) is 11.4. The molecule has 0 aliphatic heterocycles. The van der Waals surface area contributed by atoms with Crippen LogP contribution in [0.1, 0.15) is 47.2 Å². The Morgan fingerprint density at radius 2 is 0.917 bits per heavy atom. The Bertz CT molecular complexity index is 3380. The zero-order valence-corrected chi connectivity index (χ0v) is 33.4. The number of rotatable bonds is 4. The van der Waals surface area contributed by atoms with Crippen LogP contribution in [0.2, 0.25) is 0 Å². The van der Waals surface area contributed by atoms with E-state index in [2.05, 4.69) is 219 Å². The van der Waals surface area contributed by atoms with E-state index in [1.807, 2.05) is 0 Å². The molecule has 10 aromatic rings. The number of anilines is 3. The van der Waals surface area contributed by atoms with Gasteiger partial charge in [0.1, 0.15) is 5.58 Å². The molecule has 0 unspecified atom stereocenters. The molecule has 282 valence electrons. The first-order valence-electron chi connectivity index (χ1n) is 21.0. The summed E-state index contributed by atoms with van der Waals surface area (Å²) in [7, 11) is 0. The van der Waals surface area contributed by atoms with E-state index in [4.69, 9.17) is 4.42 Å². The topological polar surface area (TPSA) is 16.4 Å². The van der Waals surface area contributed by atoms with Crippen LogP contribution in [0.25, 0.3) is 66.4 Å². The van der Waals surface area contributed by atoms with Crippen molar-refractivity contribution in [3.05, 3.63) is 234 Å². The van der Waals surface area contributed by atoms with Crippen LogP contribution >= 0.6 is 0 Å². The number of benzene rings is 9. The van der Waals surface area contributed by atoms with Crippen molar-refractivity contribution < 1.29 is 4.42 Å². The maximum Gasteiger partial charge on any atom is 0.160 e. The summed E-state index contributed by atoms with van der Waals surface area (Å²) in [6.45, 7) is 4.70. The standard InChI is InChI=1S/C58H39NO/c1-57(2)46-25-11-6-19-38(46)41-32-31-37(35-51(41)57)59(36-17-4-3-5-18-36)52-34-33-43(55-45-23-10-15-30-53(45)60-56(52)55)42-24-16-29-50-54(42)44-22-9-14-28-49(44)58(50)47-26-12-7-20-39(47)40-21-8-13-27-48(40)58/h3-35H,1-2H3. The van der Waals surface area contributed by atoms with Crippen molar-refractivity contribution in [3.8, 4) is 44.5 Å². The molecule has 9 aromatic carbocycles. The van der Waals surface area contributed by atoms with E-state index in [1.165, 1.54) is 77.9 Å². The third kappa shape index (κ3) is 4.22. The van der Waals surface area contributed by atoms with Gasteiger partial charge in [0.25, 0.3) is 0 Å². The van der Waals surface area contributed by atoms with Crippen LogP contribution in [0.15, 0.2) is 205 Å². The first kappa shape index (κ1) is 33.5. The van der Waals surface area contributed by atoms with Gasteiger partial charge in [-0.05, 0) is 114 Å². The Kier molecular flexibility index (Phi) is 6.74. The van der Waals surface area contributed by atoms with E-state index in [9.17, 15) is 0 Å². The molecular formula is C58H39NO. The average Bonchev–Trinajstić information content (AvgIpc) is 4.00. The Morgan fingerprint density at radius 1 is 0.383 bits per heavy atom. The maximum atomic E-state index is 7.09. The molecule has 0 fully saturated rings. The molecule has 2 nitrogen and oxygen atoms in total. The van der Waals surface area contributed by atoms with Gasteiger partial charge in [-0.15, -0.1) is 0 Å². The van der Waals surface area contributed by atoms with Gasteiger partial charge >= 0.3 is 0 Å². The quantitative estimate of drug-likeness (QED) is 0.177. The monoisotopic (exact) mass is 765 g/mol. The molecule has 1 aromatic heterocycles. The number of para-hydroxylation sites is 2. The second kappa shape index (κ2) is 12.1. The molecule has 60 heavy (non-hydrogen) atoms. The fourth-order valence-electron chi connectivity index (χ4n) is 11.4. The van der Waals surface area contributed by atoms with Crippen LogP contribution in [0.5, 0.6) is 0 Å². The highest BCUT2D eigenvalue weighted by Crippen LogP contribution is 2.64. The molecule has 0 bridgehead atoms. The minimum absolute atomic E-state index is 0.134. The van der Waals surface area contributed by atoms with Crippen molar-refractivity contribution in [2.24, 2.45) is 0 Å². The van der Waals surface area contributed by atoms with E-state index in [1.54, 1.807) is 0 Å². The molecule has 13 rings (SSSR count). The van der Waals surface area contributed by atoms with E-state index in [0.29, 0.717) is 0 Å². The molecule has 3 aliphatic carbocycles. The summed E-state index contributed by atoms with van der Waals surface area (Å²) >= 11 is 0. The van der Waals surface area contributed by atoms with Crippen LogP contribution in [0.4, 0.5) is 17.1 Å². The number of fused-ring (bicyclic) bond motifs is 16. The smallest absolute Gasteiger partial charge is 0.160 e. The van der Waals surface area contributed by atoms with Crippen LogP contribution < -0.4 is 4.90 Å². The van der Waals surface area contributed by atoms with Gasteiger partial charge in [-0.25, -0.2) is 0 Å². The molecule has 0 amide bonds. The number of hydrogen-bond donors (Lipinski definition) is 0. The molecule has 0 radical (unpaired) electrons. The van der Waals surface area contributed by atoms with Crippen molar-refractivity contribution in [3.63, 3.8) is 0 Å². The Hall–Kier alpha value is -7.42. The van der Waals surface area contributed by atoms with Gasteiger partial charge < -0.3 is 9.32 Å². The van der Waals surface area contributed by atoms with Crippen molar-refractivity contribution in [2.75, 3.05) is 4.90 Å². The molecule has 0 saturated carbocycles. The third-order valence-electron chi connectivity index (χ3n) is 13.9. The number of furan rings is 1. The molecule has 0 atom stereocenters. The second-order valence-electron chi connectivity index (χ2n) is 17.1. The lowest BCUT2D eigenvalue weighted by molar-refractivity contribution is 0.660. The Balaban J connectivity index is 1.08. The summed E-state index contributed by atoms with van der Waals surface area (Å²) in [6, 6.07) is 73.9. The van der Waals surface area contributed by atoms with E-state index < -0.39 is 5.41 Å². The first-order chi connectivity index (χ1) is 29.5. The van der Waals surface area contributed by atoms with Crippen molar-refractivity contribution in [2.45, 2.75) is 24.7 Å². The molecule has 0 N–H and O–H groups in total. The number of nitrogens with zero attached hydrogens (tertiary/aromatic N) is 1. The zero-order valence-electron chi connectivity index (χ0n) is 33.4. The summed E-state index contributed by atoms with van der Waals surface area (Å²) < 4.78 is 7.09. The van der Waals surface area contributed by atoms with Crippen LogP contribution in [0, 0.1) is 0 Å². The average molecular weight is 766 g/mol. The molecular weight excluding hydrogens is 727 g/mol. The van der Waals surface area contributed by atoms with Crippen LogP contribution in [-0.4, -0.2) is 0 Å². The molecule has 1 spiro atoms. The predicted octanol–water partition coefficient (Wildman–Crippen LogP) is 15.4. The van der Waals surface area contributed by atoms with Gasteiger partial charge in [-0.1, -0.05) is 178 Å². The highest BCUT2D eigenvalue weighted by Gasteiger charge is 2.52. The zero-order chi connectivity index (χ0) is 39.7. The highest BCUT2D eigenvalue weighted by molar-refractivity contribution is 6.18. The van der Waals surface area contributed by atoms with Gasteiger partial charge in [0.2, 0.25) is 0 Å². The number of hydrogen-bond acceptors (Lipinski definition) is 2. The lowest BCUT2D eigenvalue weighted by Gasteiger charge is -2.30. The summed E-state index contributed by atoms with van der Waals surface area (Å²) in [5.41, 5.74) is 22.7. The molecule has 2 heteroatoms. The SMILES string of the molecule is CC1(C)c2ccccc2-c2ccc(N(c3ccccc3)c3ccc(-c4cccc5c4-c4ccccc4C54c5ccccc5-c5ccccc54)c4c3oc3ccccc34)cc21. The molecule has 0 saturated heterocycles. The largest absolute Gasteiger partial charge is 0.454 e. The van der Waals surface area contributed by atoms with Gasteiger partial charge in [-0.3, -0.25) is 0 Å². The van der Waals surface area contributed by atoms with Crippen molar-refractivity contribution in [1.82, 2.24) is 0 Å². The molecule has 1 heterocycles. The minimum Gasteiger partial charge on any atom is -0.454 e. The summed E-state index contributed by atoms with van der Waals surface area (Å²) in [5.74, 6) is 0. The van der Waals surface area contributed by atoms with Crippen molar-refractivity contribution >= 4 is 39.0 Å². The van der Waals surface area contributed by atoms with Crippen LogP contribution in [-0.2, 0) is 10.8 Å². The van der Waals surface area contributed by atoms with Crippen molar-refractivity contribution in [1.29, 1.82) is 0 Å². The summed E-state index contributed by atoms with van der Waals surface area (Å²) in [4.78, 5) is 2.39. The summed E-state index contributed by atoms with van der Waals surface area (Å²) in [5, 5.41) is 2.23. The van der Waals surface area contributed by atoms with E-state index in [0.717, 1.165) is 39.0 Å². The highest BCUT2D eigenvalue weighted by atomic mass is 16.3. The van der Waals surface area contributed by atoms with Gasteiger partial charge in [0.15, 0.2) is 5.58 Å². The molecule has 3 aliphatic rings. The lowest BCUT2D eigenvalue weighted by Crippen LogP contribution is -2.25. The first-order valence-corrected chi connectivity index (χ1v) is 21.0. The third-order valence-corrected chi connectivity index (χ3v) is 13.9. The minimum atomic E-state index is -0.419. The van der Waals surface area contributed by atoms with E-state index >= 15 is 0 Å². The maximum absolute atomic E-state index is 7.09. The van der Waals surface area contributed by atoms with Gasteiger partial charge in [-0.2, -0.15) is 0 Å². The lowest BCUT2D eigenvalue weighted by atomic mass is 9.70. The normalized spacial score (nSPS) is 14.4. The predicted molar refractivity (Wildman–Crippen MR) is 248 cm³/mol. The summed E-state index contributed by atoms with van der Waals surface area (Å²) in [6.07, 6.45) is 0. The second-order valence-corrected chi connectivity index (χ2v) is 17.1. The Labute approximate surface area is 349 Å². The Morgan fingerprint density at radius 3 is 1.65 bits per heavy atom. The van der Waals surface area contributed by atoms with E-state index in [-0.39, 0.29) is 5.41 Å². The van der Waals surface area contributed by atoms with Gasteiger partial charge in [0, 0.05) is 27.6 Å². The fraction of sp³-hybridized carbons (Fsp3) is 0.0690.